The molecule has 0 aliphatic rings. The molecule has 0 saturated carbocycles. The maximum atomic E-state index is 12.4. The Morgan fingerprint density at radius 3 is 2.40 bits per heavy atom. The third-order valence-electron chi connectivity index (χ3n) is 2.82. The van der Waals surface area contributed by atoms with Crippen molar-refractivity contribution in [2.24, 2.45) is 0 Å². The minimum absolute atomic E-state index is 0.226. The van der Waals surface area contributed by atoms with Crippen LogP contribution in [0.25, 0.3) is 0 Å². The van der Waals surface area contributed by atoms with E-state index in [2.05, 4.69) is 0 Å². The molecule has 0 aromatic heterocycles. The molecule has 20 heavy (non-hydrogen) atoms. The predicted molar refractivity (Wildman–Crippen MR) is 68.6 cm³/mol. The average molecular weight is 292 g/mol. The summed E-state index contributed by atoms with van der Waals surface area (Å²) in [6, 6.07) is 4.90. The van der Waals surface area contributed by atoms with Gasteiger partial charge in [-0.3, -0.25) is 0 Å². The largest absolute Gasteiger partial charge is 0.494 e. The maximum Gasteiger partial charge on any atom is 0.414 e. The van der Waals surface area contributed by atoms with Crippen molar-refractivity contribution >= 4 is 0 Å². The van der Waals surface area contributed by atoms with Gasteiger partial charge in [-0.25, -0.2) is 0 Å². The Kier molecular flexibility index (Phi) is 5.83. The van der Waals surface area contributed by atoms with Crippen LogP contribution in [0, 0.1) is 0 Å². The Hall–Kier alpha value is -1.27. The Labute approximate surface area is 116 Å². The van der Waals surface area contributed by atoms with E-state index in [1.54, 1.807) is 32.0 Å². The van der Waals surface area contributed by atoms with E-state index in [0.29, 0.717) is 23.5 Å². The summed E-state index contributed by atoms with van der Waals surface area (Å²) >= 11 is 0. The van der Waals surface area contributed by atoms with Gasteiger partial charge >= 0.3 is 6.18 Å². The molecule has 2 unspecified atom stereocenters. The molecule has 0 fully saturated rings. The smallest absolute Gasteiger partial charge is 0.414 e. The van der Waals surface area contributed by atoms with Crippen LogP contribution in [0.3, 0.4) is 0 Å². The molecule has 0 heterocycles. The minimum atomic E-state index is -4.40. The molecule has 0 aliphatic carbocycles. The van der Waals surface area contributed by atoms with Crippen LogP contribution in [-0.4, -0.2) is 24.0 Å². The third-order valence-corrected chi connectivity index (χ3v) is 2.82. The van der Waals surface area contributed by atoms with E-state index >= 15 is 0 Å². The van der Waals surface area contributed by atoms with Gasteiger partial charge in [-0.15, -0.1) is 0 Å². The molecule has 3 nitrogen and oxygen atoms in total. The molecular weight excluding hydrogens is 273 g/mol. The normalized spacial score (nSPS) is 14.9. The number of hydrogen-bond acceptors (Lipinski definition) is 3. The molecule has 0 amide bonds. The first kappa shape index (κ1) is 16.8. The van der Waals surface area contributed by atoms with Crippen molar-refractivity contribution in [2.45, 2.75) is 45.8 Å². The molecule has 0 bridgehead atoms. The Morgan fingerprint density at radius 2 is 1.90 bits per heavy atom. The topological polar surface area (TPSA) is 38.7 Å². The van der Waals surface area contributed by atoms with Gasteiger partial charge in [0.05, 0.1) is 19.3 Å². The number of alkyl halides is 3. The molecule has 114 valence electrons. The van der Waals surface area contributed by atoms with Crippen molar-refractivity contribution in [2.75, 3.05) is 6.61 Å². The Morgan fingerprint density at radius 1 is 1.25 bits per heavy atom. The van der Waals surface area contributed by atoms with Gasteiger partial charge in [0.15, 0.2) is 6.10 Å². The van der Waals surface area contributed by atoms with Gasteiger partial charge in [-0.05, 0) is 38.5 Å². The van der Waals surface area contributed by atoms with Gasteiger partial charge in [0.25, 0.3) is 0 Å². The summed E-state index contributed by atoms with van der Waals surface area (Å²) in [7, 11) is 0. The van der Waals surface area contributed by atoms with E-state index in [-0.39, 0.29) is 6.61 Å². The molecule has 0 saturated heterocycles. The molecule has 0 radical (unpaired) electrons. The monoisotopic (exact) mass is 292 g/mol. The van der Waals surface area contributed by atoms with Crippen molar-refractivity contribution in [3.05, 3.63) is 29.3 Å². The van der Waals surface area contributed by atoms with E-state index in [0.717, 1.165) is 6.92 Å². The van der Waals surface area contributed by atoms with Crippen molar-refractivity contribution < 1.29 is 27.8 Å². The predicted octanol–water partition coefficient (Wildman–Crippen LogP) is 3.61. The summed E-state index contributed by atoms with van der Waals surface area (Å²) in [4.78, 5) is 0. The van der Waals surface area contributed by atoms with Crippen LogP contribution in [0.4, 0.5) is 13.2 Å². The van der Waals surface area contributed by atoms with Crippen molar-refractivity contribution in [1.29, 1.82) is 0 Å². The van der Waals surface area contributed by atoms with Crippen LogP contribution in [0.1, 0.15) is 38.0 Å². The highest BCUT2D eigenvalue weighted by Crippen LogP contribution is 2.27. The molecule has 0 aliphatic heterocycles. The molecule has 1 N–H and O–H groups in total. The molecular formula is C14H19F3O3. The van der Waals surface area contributed by atoms with Crippen LogP contribution in [0.15, 0.2) is 18.2 Å². The number of aliphatic hydroxyl groups is 1. The molecule has 1 aromatic carbocycles. The van der Waals surface area contributed by atoms with Gasteiger partial charge in [-0.2, -0.15) is 13.2 Å². The number of aliphatic hydroxyl groups excluding tert-OH is 1. The average Bonchev–Trinajstić information content (AvgIpc) is 2.36. The maximum absolute atomic E-state index is 12.4. The zero-order valence-corrected chi connectivity index (χ0v) is 11.7. The summed E-state index contributed by atoms with van der Waals surface area (Å²) in [6.45, 7) is 4.50. The minimum Gasteiger partial charge on any atom is -0.494 e. The van der Waals surface area contributed by atoms with Gasteiger partial charge < -0.3 is 14.6 Å². The van der Waals surface area contributed by atoms with Crippen LogP contribution < -0.4 is 4.74 Å². The first-order valence-corrected chi connectivity index (χ1v) is 6.37. The molecule has 2 atom stereocenters. The fourth-order valence-electron chi connectivity index (χ4n) is 1.58. The van der Waals surface area contributed by atoms with Crippen LogP contribution in [0.5, 0.6) is 5.75 Å². The highest BCUT2D eigenvalue weighted by molar-refractivity contribution is 5.37. The Bertz CT molecular complexity index is 430. The van der Waals surface area contributed by atoms with Crippen LogP contribution in [-0.2, 0) is 11.3 Å². The fraction of sp³-hybridized carbons (Fsp3) is 0.571. The second-order valence-electron chi connectivity index (χ2n) is 4.47. The lowest BCUT2D eigenvalue weighted by Gasteiger charge is -2.18. The van der Waals surface area contributed by atoms with Gasteiger partial charge in [0.1, 0.15) is 5.75 Å². The second kappa shape index (κ2) is 6.95. The van der Waals surface area contributed by atoms with Crippen LogP contribution >= 0.6 is 0 Å². The van der Waals surface area contributed by atoms with Crippen molar-refractivity contribution in [1.82, 2.24) is 0 Å². The van der Waals surface area contributed by atoms with E-state index in [4.69, 9.17) is 9.47 Å². The molecule has 1 aromatic rings. The summed E-state index contributed by atoms with van der Waals surface area (Å²) in [5.41, 5.74) is 1.09. The zero-order chi connectivity index (χ0) is 15.3. The number of benzene rings is 1. The number of rotatable bonds is 6. The van der Waals surface area contributed by atoms with Gasteiger partial charge in [-0.1, -0.05) is 6.07 Å². The highest BCUT2D eigenvalue weighted by Gasteiger charge is 2.37. The first-order valence-electron chi connectivity index (χ1n) is 6.37. The third kappa shape index (κ3) is 4.68. The van der Waals surface area contributed by atoms with E-state index in [9.17, 15) is 18.3 Å². The zero-order valence-electron chi connectivity index (χ0n) is 11.7. The molecule has 0 spiro atoms. The van der Waals surface area contributed by atoms with Gasteiger partial charge in [0, 0.05) is 5.56 Å². The highest BCUT2D eigenvalue weighted by atomic mass is 19.4. The van der Waals surface area contributed by atoms with E-state index in [1.807, 2.05) is 0 Å². The summed E-state index contributed by atoms with van der Waals surface area (Å²) in [5.74, 6) is 0.464. The number of hydrogen-bond donors (Lipinski definition) is 1. The molecule has 1 rings (SSSR count). The van der Waals surface area contributed by atoms with E-state index in [1.165, 1.54) is 0 Å². The number of halogens is 3. The van der Waals surface area contributed by atoms with Crippen molar-refractivity contribution in [3.8, 4) is 5.75 Å². The molecule has 6 heteroatoms. The lowest BCUT2D eigenvalue weighted by Crippen LogP contribution is -2.28. The van der Waals surface area contributed by atoms with Gasteiger partial charge in [0.2, 0.25) is 0 Å². The SMILES string of the molecule is CCOc1ccc(C(C)O)cc1COC(C)C(F)(F)F. The fourth-order valence-corrected chi connectivity index (χ4v) is 1.58. The standard InChI is InChI=1S/C14H19F3O3/c1-4-19-13-6-5-11(9(2)18)7-12(13)8-20-10(3)14(15,16)17/h5-7,9-10,18H,4,8H2,1-3H3. The summed E-state index contributed by atoms with van der Waals surface area (Å²) in [5, 5.41) is 9.51. The first-order chi connectivity index (χ1) is 9.25. The number of ether oxygens (including phenoxy) is 2. The second-order valence-corrected chi connectivity index (χ2v) is 4.47. The van der Waals surface area contributed by atoms with Crippen LogP contribution in [0.2, 0.25) is 0 Å². The summed E-state index contributed by atoms with van der Waals surface area (Å²) in [6.07, 6.45) is -6.95. The quantitative estimate of drug-likeness (QED) is 0.870. The lowest BCUT2D eigenvalue weighted by atomic mass is 10.1. The summed E-state index contributed by atoms with van der Waals surface area (Å²) < 4.78 is 47.4. The van der Waals surface area contributed by atoms with Crippen molar-refractivity contribution in [3.63, 3.8) is 0 Å². The van der Waals surface area contributed by atoms with E-state index < -0.39 is 18.4 Å². The Balaban J connectivity index is 2.87. The lowest BCUT2D eigenvalue weighted by molar-refractivity contribution is -0.217.